The molecule has 5 nitrogen and oxygen atoms in total. The van der Waals surface area contributed by atoms with Gasteiger partial charge in [0.15, 0.2) is 0 Å². The number of aromatic nitrogens is 2. The number of rotatable bonds is 3. The van der Waals surface area contributed by atoms with Crippen LogP contribution in [-0.4, -0.2) is 34.1 Å². The van der Waals surface area contributed by atoms with Crippen molar-refractivity contribution in [2.24, 2.45) is 5.92 Å². The summed E-state index contributed by atoms with van der Waals surface area (Å²) in [7, 11) is 0. The topological polar surface area (TPSA) is 66.3 Å². The van der Waals surface area contributed by atoms with Crippen LogP contribution in [0, 0.1) is 19.8 Å². The van der Waals surface area contributed by atoms with Crippen LogP contribution < -0.4 is 4.90 Å². The SMILES string of the molecule is Cc1ccc(-c2c(C)sc3ncnc(N4CCC(C(=O)O)CC4)c23)cc1. The van der Waals surface area contributed by atoms with Crippen LogP contribution in [-0.2, 0) is 4.79 Å². The Balaban J connectivity index is 1.79. The number of piperidine rings is 1. The van der Waals surface area contributed by atoms with Crippen molar-refractivity contribution in [3.8, 4) is 11.1 Å². The van der Waals surface area contributed by atoms with Crippen molar-refractivity contribution in [3.63, 3.8) is 0 Å². The number of carbonyl (C=O) groups is 1. The predicted molar refractivity (Wildman–Crippen MR) is 105 cm³/mol. The fourth-order valence-corrected chi connectivity index (χ4v) is 4.68. The van der Waals surface area contributed by atoms with Gasteiger partial charge in [0.1, 0.15) is 17.0 Å². The highest BCUT2D eigenvalue weighted by molar-refractivity contribution is 7.19. The van der Waals surface area contributed by atoms with E-state index in [1.165, 1.54) is 21.6 Å². The number of anilines is 1. The van der Waals surface area contributed by atoms with Gasteiger partial charge in [-0.2, -0.15) is 0 Å². The standard InChI is InChI=1S/C20H21N3O2S/c1-12-3-5-14(6-4-12)16-13(2)26-19-17(16)18(21-11-22-19)23-9-7-15(8-10-23)20(24)25/h3-6,11,15H,7-10H2,1-2H3,(H,24,25). The van der Waals surface area contributed by atoms with Gasteiger partial charge in [-0.15, -0.1) is 11.3 Å². The quantitative estimate of drug-likeness (QED) is 0.748. The Kier molecular flexibility index (Phi) is 4.36. The van der Waals surface area contributed by atoms with E-state index in [-0.39, 0.29) is 5.92 Å². The molecule has 3 heterocycles. The van der Waals surface area contributed by atoms with E-state index in [0.29, 0.717) is 25.9 Å². The first-order chi connectivity index (χ1) is 12.5. The Hall–Kier alpha value is -2.47. The molecule has 26 heavy (non-hydrogen) atoms. The Morgan fingerprint density at radius 1 is 1.15 bits per heavy atom. The first-order valence-electron chi connectivity index (χ1n) is 8.83. The van der Waals surface area contributed by atoms with Crippen molar-refractivity contribution in [2.45, 2.75) is 26.7 Å². The minimum atomic E-state index is -0.691. The van der Waals surface area contributed by atoms with E-state index in [2.05, 4.69) is 53.0 Å². The Bertz CT molecular complexity index is 957. The van der Waals surface area contributed by atoms with E-state index >= 15 is 0 Å². The van der Waals surface area contributed by atoms with Crippen molar-refractivity contribution in [3.05, 3.63) is 41.0 Å². The number of carboxylic acids is 1. The second-order valence-electron chi connectivity index (χ2n) is 6.88. The third-order valence-corrected chi connectivity index (χ3v) is 6.14. The molecule has 1 aromatic carbocycles. The second-order valence-corrected chi connectivity index (χ2v) is 8.08. The fourth-order valence-electron chi connectivity index (χ4n) is 3.67. The number of thiophene rings is 1. The molecule has 1 saturated heterocycles. The minimum Gasteiger partial charge on any atom is -0.481 e. The van der Waals surface area contributed by atoms with E-state index in [1.54, 1.807) is 17.7 Å². The van der Waals surface area contributed by atoms with E-state index in [0.717, 1.165) is 16.0 Å². The lowest BCUT2D eigenvalue weighted by Gasteiger charge is -2.31. The molecule has 0 atom stereocenters. The lowest BCUT2D eigenvalue weighted by molar-refractivity contribution is -0.142. The number of nitrogens with zero attached hydrogens (tertiary/aromatic N) is 3. The van der Waals surface area contributed by atoms with E-state index in [9.17, 15) is 9.90 Å². The maximum absolute atomic E-state index is 11.2. The highest BCUT2D eigenvalue weighted by Gasteiger charge is 2.27. The van der Waals surface area contributed by atoms with Gasteiger partial charge in [-0.3, -0.25) is 4.79 Å². The van der Waals surface area contributed by atoms with Gasteiger partial charge in [0.05, 0.1) is 11.3 Å². The summed E-state index contributed by atoms with van der Waals surface area (Å²) in [5.41, 5.74) is 3.61. The summed E-state index contributed by atoms with van der Waals surface area (Å²) < 4.78 is 0. The van der Waals surface area contributed by atoms with Gasteiger partial charge in [-0.1, -0.05) is 29.8 Å². The average Bonchev–Trinajstić information content (AvgIpc) is 2.98. The van der Waals surface area contributed by atoms with Crippen molar-refractivity contribution >= 4 is 33.3 Å². The molecule has 1 aliphatic rings. The molecule has 0 bridgehead atoms. The van der Waals surface area contributed by atoms with Gasteiger partial charge in [0.25, 0.3) is 0 Å². The summed E-state index contributed by atoms with van der Waals surface area (Å²) in [6, 6.07) is 8.55. The van der Waals surface area contributed by atoms with Crippen LogP contribution in [0.1, 0.15) is 23.3 Å². The molecule has 0 saturated carbocycles. The number of aryl methyl sites for hydroxylation is 2. The zero-order chi connectivity index (χ0) is 18.3. The third kappa shape index (κ3) is 2.94. The van der Waals surface area contributed by atoms with Gasteiger partial charge >= 0.3 is 5.97 Å². The van der Waals surface area contributed by atoms with Crippen molar-refractivity contribution in [2.75, 3.05) is 18.0 Å². The molecule has 6 heteroatoms. The molecule has 0 spiro atoms. The molecule has 0 aliphatic carbocycles. The van der Waals surface area contributed by atoms with Crippen molar-refractivity contribution in [1.29, 1.82) is 0 Å². The molecule has 0 radical (unpaired) electrons. The molecule has 1 aliphatic heterocycles. The maximum atomic E-state index is 11.2. The molecular formula is C20H21N3O2S. The number of hydrogen-bond acceptors (Lipinski definition) is 5. The highest BCUT2D eigenvalue weighted by atomic mass is 32.1. The molecule has 1 N–H and O–H groups in total. The zero-order valence-corrected chi connectivity index (χ0v) is 15.7. The molecular weight excluding hydrogens is 346 g/mol. The van der Waals surface area contributed by atoms with Crippen LogP contribution in [0.4, 0.5) is 5.82 Å². The maximum Gasteiger partial charge on any atom is 0.306 e. The highest BCUT2D eigenvalue weighted by Crippen LogP contribution is 2.42. The summed E-state index contributed by atoms with van der Waals surface area (Å²) in [6.07, 6.45) is 2.93. The summed E-state index contributed by atoms with van der Waals surface area (Å²) in [5, 5.41) is 10.3. The number of carboxylic acid groups (broad SMARTS) is 1. The summed E-state index contributed by atoms with van der Waals surface area (Å²) in [5.74, 6) is -0.00710. The van der Waals surface area contributed by atoms with Crippen LogP contribution in [0.3, 0.4) is 0 Å². The van der Waals surface area contributed by atoms with Crippen LogP contribution in [0.25, 0.3) is 21.3 Å². The Labute approximate surface area is 156 Å². The van der Waals surface area contributed by atoms with Gasteiger partial charge in [-0.05, 0) is 32.3 Å². The Morgan fingerprint density at radius 3 is 2.50 bits per heavy atom. The van der Waals surface area contributed by atoms with Gasteiger partial charge in [0.2, 0.25) is 0 Å². The molecule has 0 amide bonds. The smallest absolute Gasteiger partial charge is 0.306 e. The van der Waals surface area contributed by atoms with Crippen molar-refractivity contribution < 1.29 is 9.90 Å². The summed E-state index contributed by atoms with van der Waals surface area (Å²) in [6.45, 7) is 5.64. The van der Waals surface area contributed by atoms with Gasteiger partial charge in [0, 0.05) is 23.5 Å². The lowest BCUT2D eigenvalue weighted by atomic mass is 9.96. The largest absolute Gasteiger partial charge is 0.481 e. The van der Waals surface area contributed by atoms with Crippen molar-refractivity contribution in [1.82, 2.24) is 9.97 Å². The first kappa shape index (κ1) is 17.0. The van der Waals surface area contributed by atoms with E-state index < -0.39 is 5.97 Å². The van der Waals surface area contributed by atoms with E-state index in [4.69, 9.17) is 0 Å². The number of fused-ring (bicyclic) bond motifs is 1. The van der Waals surface area contributed by atoms with Crippen LogP contribution in [0.15, 0.2) is 30.6 Å². The average molecular weight is 367 g/mol. The third-order valence-electron chi connectivity index (χ3n) is 5.13. The Morgan fingerprint density at radius 2 is 1.85 bits per heavy atom. The molecule has 2 aromatic heterocycles. The van der Waals surface area contributed by atoms with Gasteiger partial charge < -0.3 is 10.0 Å². The van der Waals surface area contributed by atoms with E-state index in [1.807, 2.05) is 0 Å². The number of benzene rings is 1. The minimum absolute atomic E-state index is 0.246. The molecule has 3 aromatic rings. The second kappa shape index (κ2) is 6.68. The van der Waals surface area contributed by atoms with Crippen LogP contribution in [0.2, 0.25) is 0 Å². The van der Waals surface area contributed by atoms with Crippen LogP contribution in [0.5, 0.6) is 0 Å². The normalized spacial score (nSPS) is 15.5. The summed E-state index contributed by atoms with van der Waals surface area (Å²) >= 11 is 1.69. The number of hydrogen-bond donors (Lipinski definition) is 1. The zero-order valence-electron chi connectivity index (χ0n) is 14.9. The lowest BCUT2D eigenvalue weighted by Crippen LogP contribution is -2.36. The number of aliphatic carboxylic acids is 1. The predicted octanol–water partition coefficient (Wildman–Crippen LogP) is 4.28. The first-order valence-corrected chi connectivity index (χ1v) is 9.65. The molecule has 1 fully saturated rings. The molecule has 4 rings (SSSR count). The monoisotopic (exact) mass is 367 g/mol. The summed E-state index contributed by atoms with van der Waals surface area (Å²) in [4.78, 5) is 24.8. The fraction of sp³-hybridized carbons (Fsp3) is 0.350. The molecule has 0 unspecified atom stereocenters. The molecule has 134 valence electrons. The van der Waals surface area contributed by atoms with Crippen LogP contribution >= 0.6 is 11.3 Å². The van der Waals surface area contributed by atoms with Gasteiger partial charge in [-0.25, -0.2) is 9.97 Å².